The molecule has 0 aliphatic carbocycles. The maximum atomic E-state index is 11.8. The number of benzene rings is 1. The number of esters is 1. The first-order chi connectivity index (χ1) is 10.1. The molecule has 2 aromatic rings. The van der Waals surface area contributed by atoms with Gasteiger partial charge in [0.25, 0.3) is 0 Å². The van der Waals surface area contributed by atoms with E-state index in [1.54, 1.807) is 48.7 Å². The molecular formula is C14H12N4O2S. The van der Waals surface area contributed by atoms with Crippen LogP contribution in [-0.4, -0.2) is 22.3 Å². The van der Waals surface area contributed by atoms with Gasteiger partial charge < -0.3 is 10.5 Å². The third-order valence-corrected chi connectivity index (χ3v) is 2.44. The minimum atomic E-state index is -0.507. The van der Waals surface area contributed by atoms with Gasteiger partial charge in [-0.25, -0.2) is 9.78 Å². The summed E-state index contributed by atoms with van der Waals surface area (Å²) in [6.45, 7) is 0. The second-order valence-corrected chi connectivity index (χ2v) is 4.35. The number of carbonyl (C=O) groups is 1. The van der Waals surface area contributed by atoms with Crippen molar-refractivity contribution in [2.24, 2.45) is 10.8 Å². The summed E-state index contributed by atoms with van der Waals surface area (Å²) in [4.78, 5) is 15.7. The lowest BCUT2D eigenvalue weighted by Gasteiger charge is -2.03. The molecule has 106 valence electrons. The number of hydrogen-bond donors (Lipinski definition) is 2. The molecule has 2 rings (SSSR count). The zero-order chi connectivity index (χ0) is 15.1. The molecule has 0 bridgehead atoms. The van der Waals surface area contributed by atoms with Gasteiger partial charge in [-0.2, -0.15) is 5.10 Å². The van der Waals surface area contributed by atoms with E-state index in [0.29, 0.717) is 5.75 Å². The molecule has 0 saturated heterocycles. The zero-order valence-corrected chi connectivity index (χ0v) is 11.7. The first-order valence-electron chi connectivity index (χ1n) is 5.97. The SMILES string of the molecule is NC(=S)NN=Cc1ccc(OC(=O)c2ccccn2)cc1. The Balaban J connectivity index is 1.98. The summed E-state index contributed by atoms with van der Waals surface area (Å²) >= 11 is 4.62. The highest BCUT2D eigenvalue weighted by Crippen LogP contribution is 2.12. The molecule has 0 aliphatic rings. The van der Waals surface area contributed by atoms with Gasteiger partial charge in [0, 0.05) is 6.20 Å². The number of nitrogens with one attached hydrogen (secondary N) is 1. The van der Waals surface area contributed by atoms with Gasteiger partial charge in [-0.15, -0.1) is 0 Å². The smallest absolute Gasteiger partial charge is 0.362 e. The Morgan fingerprint density at radius 1 is 1.29 bits per heavy atom. The number of carbonyl (C=O) groups excluding carboxylic acids is 1. The highest BCUT2D eigenvalue weighted by Gasteiger charge is 2.08. The van der Waals surface area contributed by atoms with E-state index in [1.807, 2.05) is 0 Å². The Labute approximate surface area is 126 Å². The van der Waals surface area contributed by atoms with Crippen molar-refractivity contribution in [2.45, 2.75) is 0 Å². The molecule has 1 aromatic heterocycles. The van der Waals surface area contributed by atoms with E-state index in [1.165, 1.54) is 6.20 Å². The molecule has 0 fully saturated rings. The molecule has 0 amide bonds. The van der Waals surface area contributed by atoms with Crippen molar-refractivity contribution in [3.05, 3.63) is 59.9 Å². The Morgan fingerprint density at radius 2 is 2.05 bits per heavy atom. The summed E-state index contributed by atoms with van der Waals surface area (Å²) in [6, 6.07) is 11.8. The van der Waals surface area contributed by atoms with Gasteiger partial charge >= 0.3 is 5.97 Å². The summed E-state index contributed by atoms with van der Waals surface area (Å²) in [7, 11) is 0. The van der Waals surface area contributed by atoms with E-state index < -0.39 is 5.97 Å². The van der Waals surface area contributed by atoms with Crippen LogP contribution in [0.5, 0.6) is 5.75 Å². The minimum Gasteiger partial charge on any atom is -0.422 e. The molecule has 0 saturated carbocycles. The molecule has 0 atom stereocenters. The Bertz CT molecular complexity index is 656. The fourth-order valence-electron chi connectivity index (χ4n) is 1.44. The minimum absolute atomic E-state index is 0.0900. The summed E-state index contributed by atoms with van der Waals surface area (Å²) < 4.78 is 5.20. The Morgan fingerprint density at radius 3 is 2.67 bits per heavy atom. The molecule has 7 heteroatoms. The van der Waals surface area contributed by atoms with E-state index in [2.05, 4.69) is 27.7 Å². The quantitative estimate of drug-likeness (QED) is 0.292. The zero-order valence-electron chi connectivity index (χ0n) is 10.9. The average Bonchev–Trinajstić information content (AvgIpc) is 2.49. The van der Waals surface area contributed by atoms with E-state index in [0.717, 1.165) is 5.56 Å². The highest BCUT2D eigenvalue weighted by molar-refractivity contribution is 7.80. The average molecular weight is 300 g/mol. The van der Waals surface area contributed by atoms with Gasteiger partial charge in [-0.3, -0.25) is 5.43 Å². The van der Waals surface area contributed by atoms with Gasteiger partial charge in [0.05, 0.1) is 6.21 Å². The van der Waals surface area contributed by atoms with Crippen LogP contribution in [0.2, 0.25) is 0 Å². The van der Waals surface area contributed by atoms with E-state index in [-0.39, 0.29) is 10.8 Å². The van der Waals surface area contributed by atoms with E-state index >= 15 is 0 Å². The fraction of sp³-hybridized carbons (Fsp3) is 0. The van der Waals surface area contributed by atoms with Crippen LogP contribution in [-0.2, 0) is 0 Å². The molecule has 1 aromatic carbocycles. The van der Waals surface area contributed by atoms with Gasteiger partial charge in [0.15, 0.2) is 5.11 Å². The van der Waals surface area contributed by atoms with Gasteiger partial charge in [0.1, 0.15) is 11.4 Å². The number of pyridine rings is 1. The third kappa shape index (κ3) is 4.66. The number of nitrogens with two attached hydrogens (primary N) is 1. The van der Waals surface area contributed by atoms with Crippen LogP contribution in [0.4, 0.5) is 0 Å². The molecule has 0 unspecified atom stereocenters. The summed E-state index contributed by atoms with van der Waals surface area (Å²) in [5, 5.41) is 3.91. The summed E-state index contributed by atoms with van der Waals surface area (Å²) in [6.07, 6.45) is 3.08. The molecule has 0 radical (unpaired) electrons. The maximum Gasteiger partial charge on any atom is 0.362 e. The lowest BCUT2D eigenvalue weighted by atomic mass is 10.2. The van der Waals surface area contributed by atoms with Crippen molar-refractivity contribution in [1.82, 2.24) is 10.4 Å². The predicted molar refractivity (Wildman–Crippen MR) is 83.2 cm³/mol. The first kappa shape index (κ1) is 14.6. The van der Waals surface area contributed by atoms with Crippen molar-refractivity contribution in [1.29, 1.82) is 0 Å². The summed E-state index contributed by atoms with van der Waals surface area (Å²) in [5.41, 5.74) is 8.74. The van der Waals surface area contributed by atoms with Crippen molar-refractivity contribution in [3.63, 3.8) is 0 Å². The highest BCUT2D eigenvalue weighted by atomic mass is 32.1. The number of thiocarbonyl (C=S) groups is 1. The van der Waals surface area contributed by atoms with Crippen LogP contribution in [0.15, 0.2) is 53.8 Å². The monoisotopic (exact) mass is 300 g/mol. The lowest BCUT2D eigenvalue weighted by molar-refractivity contribution is 0.0728. The number of nitrogens with zero attached hydrogens (tertiary/aromatic N) is 2. The van der Waals surface area contributed by atoms with Crippen molar-refractivity contribution < 1.29 is 9.53 Å². The third-order valence-electron chi connectivity index (χ3n) is 2.35. The molecule has 0 aliphatic heterocycles. The van der Waals surface area contributed by atoms with E-state index in [9.17, 15) is 4.79 Å². The Kier molecular flexibility index (Phi) is 4.94. The molecular weight excluding hydrogens is 288 g/mol. The largest absolute Gasteiger partial charge is 0.422 e. The molecule has 1 heterocycles. The van der Waals surface area contributed by atoms with Gasteiger partial charge in [0.2, 0.25) is 0 Å². The molecule has 0 spiro atoms. The van der Waals surface area contributed by atoms with Crippen LogP contribution in [0.3, 0.4) is 0 Å². The molecule has 3 N–H and O–H groups in total. The van der Waals surface area contributed by atoms with Crippen LogP contribution in [0, 0.1) is 0 Å². The standard InChI is InChI=1S/C14H12N4O2S/c15-14(21)18-17-9-10-4-6-11(7-5-10)20-13(19)12-3-1-2-8-16-12/h1-9H,(H3,15,18,21). The molecule has 21 heavy (non-hydrogen) atoms. The number of ether oxygens (including phenoxy) is 1. The summed E-state index contributed by atoms with van der Waals surface area (Å²) in [5.74, 6) is -0.0859. The number of aromatic nitrogens is 1. The van der Waals surface area contributed by atoms with Crippen molar-refractivity contribution in [3.8, 4) is 5.75 Å². The van der Waals surface area contributed by atoms with Crippen LogP contribution in [0.1, 0.15) is 16.1 Å². The maximum absolute atomic E-state index is 11.8. The lowest BCUT2D eigenvalue weighted by Crippen LogP contribution is -2.23. The van der Waals surface area contributed by atoms with Gasteiger partial charge in [-0.1, -0.05) is 6.07 Å². The van der Waals surface area contributed by atoms with Gasteiger partial charge in [-0.05, 0) is 54.2 Å². The topological polar surface area (TPSA) is 89.6 Å². The van der Waals surface area contributed by atoms with Crippen LogP contribution < -0.4 is 15.9 Å². The van der Waals surface area contributed by atoms with E-state index in [4.69, 9.17) is 10.5 Å². The second kappa shape index (κ2) is 7.11. The number of hydrazone groups is 1. The number of rotatable bonds is 4. The molecule has 6 nitrogen and oxygen atoms in total. The van der Waals surface area contributed by atoms with Crippen molar-refractivity contribution in [2.75, 3.05) is 0 Å². The van der Waals surface area contributed by atoms with Crippen molar-refractivity contribution >= 4 is 29.5 Å². The Hall–Kier alpha value is -2.80. The predicted octanol–water partition coefficient (Wildman–Crippen LogP) is 1.47. The first-order valence-corrected chi connectivity index (χ1v) is 6.38. The van der Waals surface area contributed by atoms with Crippen LogP contribution >= 0.6 is 12.2 Å². The van der Waals surface area contributed by atoms with Crippen LogP contribution in [0.25, 0.3) is 0 Å². The second-order valence-electron chi connectivity index (χ2n) is 3.91. The number of hydrogen-bond acceptors (Lipinski definition) is 5. The normalized spacial score (nSPS) is 10.3. The fourth-order valence-corrected chi connectivity index (χ4v) is 1.49.